The summed E-state index contributed by atoms with van der Waals surface area (Å²) in [6.07, 6.45) is 8.58. The number of hydrogen-bond donors (Lipinski definition) is 0. The summed E-state index contributed by atoms with van der Waals surface area (Å²) in [5, 5.41) is 8.79. The molecule has 0 unspecified atom stereocenters. The molecule has 0 aliphatic rings. The van der Waals surface area contributed by atoms with Gasteiger partial charge in [-0.1, -0.05) is 48.5 Å². The van der Waals surface area contributed by atoms with Crippen LogP contribution in [0.15, 0.2) is 85.3 Å². The average molecular weight is 354 g/mol. The van der Waals surface area contributed by atoms with Crippen molar-refractivity contribution < 1.29 is 4.79 Å². The van der Waals surface area contributed by atoms with Crippen molar-refractivity contribution in [3.05, 3.63) is 96.5 Å². The number of para-hydroxylation sites is 1. The van der Waals surface area contributed by atoms with E-state index >= 15 is 0 Å². The van der Waals surface area contributed by atoms with Gasteiger partial charge >= 0.3 is 0 Å². The molecule has 0 aliphatic heterocycles. The van der Waals surface area contributed by atoms with Gasteiger partial charge < -0.3 is 0 Å². The molecule has 0 atom stereocenters. The Kier molecular flexibility index (Phi) is 4.49. The highest BCUT2D eigenvalue weighted by molar-refractivity contribution is 6.06. The van der Waals surface area contributed by atoms with Crippen molar-refractivity contribution in [3.63, 3.8) is 0 Å². The molecule has 0 saturated carbocycles. The molecule has 0 amide bonds. The number of aromatic nitrogens is 4. The van der Waals surface area contributed by atoms with Crippen LogP contribution in [0, 0.1) is 0 Å². The molecule has 4 aromatic rings. The number of nitrogens with zero attached hydrogens (tertiary/aromatic N) is 4. The molecule has 5 heteroatoms. The Balaban J connectivity index is 1.73. The third-order valence-electron chi connectivity index (χ3n) is 4.21. The third-order valence-corrected chi connectivity index (χ3v) is 4.21. The second kappa shape index (κ2) is 7.25. The minimum atomic E-state index is -0.0884. The van der Waals surface area contributed by atoms with Crippen LogP contribution < -0.4 is 0 Å². The van der Waals surface area contributed by atoms with Crippen LogP contribution in [0.5, 0.6) is 0 Å². The average Bonchev–Trinajstić information content (AvgIpc) is 3.34. The summed E-state index contributed by atoms with van der Waals surface area (Å²) >= 11 is 0. The summed E-state index contributed by atoms with van der Waals surface area (Å²) in [6.45, 7) is 0. The van der Waals surface area contributed by atoms with Crippen LogP contribution in [-0.4, -0.2) is 25.3 Å². The molecule has 2 aromatic carbocycles. The Bertz CT molecular complexity index is 1090. The van der Waals surface area contributed by atoms with E-state index in [-0.39, 0.29) is 5.78 Å². The first-order chi connectivity index (χ1) is 13.2. The van der Waals surface area contributed by atoms with Crippen molar-refractivity contribution in [2.75, 3.05) is 0 Å². The van der Waals surface area contributed by atoms with Crippen molar-refractivity contribution in [2.24, 2.45) is 7.05 Å². The zero-order valence-corrected chi connectivity index (χ0v) is 14.9. The zero-order valence-electron chi connectivity index (χ0n) is 14.9. The Morgan fingerprint density at radius 2 is 1.67 bits per heavy atom. The van der Waals surface area contributed by atoms with E-state index in [1.807, 2.05) is 77.6 Å². The van der Waals surface area contributed by atoms with E-state index in [1.165, 1.54) is 0 Å². The van der Waals surface area contributed by atoms with Gasteiger partial charge in [0.1, 0.15) is 0 Å². The summed E-state index contributed by atoms with van der Waals surface area (Å²) in [5.74, 6) is -0.0884. The van der Waals surface area contributed by atoms with E-state index < -0.39 is 0 Å². The molecule has 132 valence electrons. The second-order valence-corrected chi connectivity index (χ2v) is 6.18. The van der Waals surface area contributed by atoms with E-state index in [9.17, 15) is 4.79 Å². The largest absolute Gasteiger partial charge is 0.289 e. The van der Waals surface area contributed by atoms with Crippen molar-refractivity contribution in [3.8, 4) is 16.9 Å². The molecule has 0 radical (unpaired) electrons. The molecular weight excluding hydrogens is 336 g/mol. The number of hydrogen-bond acceptors (Lipinski definition) is 3. The molecule has 0 aliphatic carbocycles. The highest BCUT2D eigenvalue weighted by Crippen LogP contribution is 2.24. The van der Waals surface area contributed by atoms with Gasteiger partial charge in [-0.25, -0.2) is 4.68 Å². The molecule has 4 rings (SSSR count). The Morgan fingerprint density at radius 1 is 0.963 bits per heavy atom. The molecule has 27 heavy (non-hydrogen) atoms. The van der Waals surface area contributed by atoms with Gasteiger partial charge in [-0.15, -0.1) is 0 Å². The normalized spacial score (nSPS) is 11.1. The minimum Gasteiger partial charge on any atom is -0.289 e. The highest BCUT2D eigenvalue weighted by atomic mass is 16.1. The number of rotatable bonds is 5. The summed E-state index contributed by atoms with van der Waals surface area (Å²) in [6, 6.07) is 19.9. The molecule has 0 N–H and O–H groups in total. The third kappa shape index (κ3) is 3.62. The van der Waals surface area contributed by atoms with Crippen LogP contribution in [-0.2, 0) is 7.05 Å². The topological polar surface area (TPSA) is 52.7 Å². The molecule has 0 spiro atoms. The summed E-state index contributed by atoms with van der Waals surface area (Å²) in [5.41, 5.74) is 4.23. The van der Waals surface area contributed by atoms with Gasteiger partial charge in [-0.05, 0) is 24.3 Å². The number of aryl methyl sites for hydroxylation is 1. The lowest BCUT2D eigenvalue weighted by Crippen LogP contribution is -1.93. The van der Waals surface area contributed by atoms with Gasteiger partial charge in [-0.2, -0.15) is 10.2 Å². The van der Waals surface area contributed by atoms with Crippen molar-refractivity contribution in [2.45, 2.75) is 0 Å². The molecule has 0 bridgehead atoms. The molecule has 2 heterocycles. The lowest BCUT2D eigenvalue weighted by atomic mass is 10.1. The number of ketones is 1. The number of carbonyl (C=O) groups excluding carboxylic acids is 1. The highest BCUT2D eigenvalue weighted by Gasteiger charge is 2.11. The van der Waals surface area contributed by atoms with Crippen LogP contribution in [0.1, 0.15) is 15.9 Å². The van der Waals surface area contributed by atoms with Gasteiger partial charge in [0.2, 0.25) is 0 Å². The maximum absolute atomic E-state index is 12.4. The van der Waals surface area contributed by atoms with E-state index in [0.717, 1.165) is 22.5 Å². The fraction of sp³-hybridized carbons (Fsp3) is 0.0455. The summed E-state index contributed by atoms with van der Waals surface area (Å²) in [7, 11) is 1.79. The molecule has 5 nitrogen and oxygen atoms in total. The van der Waals surface area contributed by atoms with Crippen LogP contribution >= 0.6 is 0 Å². The molecule has 0 fully saturated rings. The van der Waals surface area contributed by atoms with Crippen molar-refractivity contribution >= 4 is 11.9 Å². The predicted octanol–water partition coefficient (Wildman–Crippen LogP) is 4.17. The van der Waals surface area contributed by atoms with E-state index in [1.54, 1.807) is 30.2 Å². The first-order valence-electron chi connectivity index (χ1n) is 8.62. The Morgan fingerprint density at radius 3 is 2.33 bits per heavy atom. The van der Waals surface area contributed by atoms with E-state index in [4.69, 9.17) is 5.10 Å². The fourth-order valence-electron chi connectivity index (χ4n) is 2.85. The molecule has 0 saturated heterocycles. The monoisotopic (exact) mass is 354 g/mol. The van der Waals surface area contributed by atoms with Gasteiger partial charge in [0.25, 0.3) is 0 Å². The minimum absolute atomic E-state index is 0.0884. The standard InChI is InChI=1S/C22H18N4O/c1-25-15-19(14-23-25)21(27)13-12-18-16-26(20-10-6-3-7-11-20)24-22(18)17-8-4-2-5-9-17/h2-16H,1H3. The first kappa shape index (κ1) is 16.7. The van der Waals surface area contributed by atoms with Crippen LogP contribution in [0.3, 0.4) is 0 Å². The van der Waals surface area contributed by atoms with Crippen molar-refractivity contribution in [1.29, 1.82) is 0 Å². The SMILES string of the molecule is Cn1cc(C(=O)C=Cc2cn(-c3ccccc3)nc2-c2ccccc2)cn1. The Hall–Kier alpha value is -3.73. The zero-order chi connectivity index (χ0) is 18.6. The van der Waals surface area contributed by atoms with Crippen LogP contribution in [0.25, 0.3) is 23.0 Å². The van der Waals surface area contributed by atoms with Gasteiger partial charge in [0, 0.05) is 30.6 Å². The molecular formula is C22H18N4O. The lowest BCUT2D eigenvalue weighted by Gasteiger charge is -2.00. The lowest BCUT2D eigenvalue weighted by molar-refractivity contribution is 0.104. The predicted molar refractivity (Wildman–Crippen MR) is 106 cm³/mol. The molecule has 2 aromatic heterocycles. The maximum Gasteiger partial charge on any atom is 0.189 e. The van der Waals surface area contributed by atoms with Crippen molar-refractivity contribution in [1.82, 2.24) is 19.6 Å². The number of carbonyl (C=O) groups is 1. The number of allylic oxidation sites excluding steroid dienone is 1. The van der Waals surface area contributed by atoms with Crippen LogP contribution in [0.4, 0.5) is 0 Å². The first-order valence-corrected chi connectivity index (χ1v) is 8.62. The fourth-order valence-corrected chi connectivity index (χ4v) is 2.85. The van der Waals surface area contributed by atoms with E-state index in [2.05, 4.69) is 5.10 Å². The summed E-state index contributed by atoms with van der Waals surface area (Å²) in [4.78, 5) is 12.4. The summed E-state index contributed by atoms with van der Waals surface area (Å²) < 4.78 is 3.44. The van der Waals surface area contributed by atoms with Gasteiger partial charge in [0.05, 0.1) is 23.1 Å². The van der Waals surface area contributed by atoms with Gasteiger partial charge in [0.15, 0.2) is 5.78 Å². The van der Waals surface area contributed by atoms with Crippen LogP contribution in [0.2, 0.25) is 0 Å². The quantitative estimate of drug-likeness (QED) is 0.399. The maximum atomic E-state index is 12.4. The smallest absolute Gasteiger partial charge is 0.189 e. The second-order valence-electron chi connectivity index (χ2n) is 6.18. The van der Waals surface area contributed by atoms with Gasteiger partial charge in [-0.3, -0.25) is 9.48 Å². The number of benzene rings is 2. The van der Waals surface area contributed by atoms with E-state index in [0.29, 0.717) is 5.56 Å². The Labute approximate surface area is 157 Å².